The summed E-state index contributed by atoms with van der Waals surface area (Å²) in [6.45, 7) is 3.17. The highest BCUT2D eigenvalue weighted by Gasteiger charge is 2.27. The standard InChI is InChI=1S/C25H30N4O2/c1-3-31-23-7-5-4-6-21(23)25(30)27-16-18-8-10-20(11-9-18)24-22(17-29(2)28-24)19-12-14-26-15-13-19/h4-7,12-15,17-18,20H,3,8-11,16H2,1-2H3,(H,27,30). The minimum absolute atomic E-state index is 0.0594. The topological polar surface area (TPSA) is 69.0 Å². The monoisotopic (exact) mass is 418 g/mol. The fourth-order valence-electron chi connectivity index (χ4n) is 4.47. The fourth-order valence-corrected chi connectivity index (χ4v) is 4.47. The van der Waals surface area contributed by atoms with Crippen molar-refractivity contribution in [1.82, 2.24) is 20.1 Å². The Balaban J connectivity index is 1.35. The molecule has 0 atom stereocenters. The molecule has 1 saturated carbocycles. The van der Waals surface area contributed by atoms with E-state index in [1.165, 1.54) is 16.8 Å². The number of carbonyl (C=O) groups excluding carboxylic acids is 1. The van der Waals surface area contributed by atoms with Crippen LogP contribution in [0, 0.1) is 5.92 Å². The molecule has 1 amide bonds. The minimum Gasteiger partial charge on any atom is -0.493 e. The Kier molecular flexibility index (Phi) is 6.65. The Hall–Kier alpha value is -3.15. The molecule has 6 nitrogen and oxygen atoms in total. The number of ether oxygens (including phenoxy) is 1. The number of nitrogens with one attached hydrogen (secondary N) is 1. The molecule has 3 aromatic rings. The van der Waals surface area contributed by atoms with E-state index in [1.807, 2.05) is 67.4 Å². The summed E-state index contributed by atoms with van der Waals surface area (Å²) in [6, 6.07) is 11.5. The predicted octanol–water partition coefficient (Wildman–Crippen LogP) is 4.58. The summed E-state index contributed by atoms with van der Waals surface area (Å²) in [5, 5.41) is 7.91. The maximum Gasteiger partial charge on any atom is 0.255 e. The highest BCUT2D eigenvalue weighted by atomic mass is 16.5. The lowest BCUT2D eigenvalue weighted by atomic mass is 9.79. The van der Waals surface area contributed by atoms with E-state index >= 15 is 0 Å². The Morgan fingerprint density at radius 1 is 1.13 bits per heavy atom. The molecule has 1 fully saturated rings. The number of nitrogens with zero attached hydrogens (tertiary/aromatic N) is 3. The van der Waals surface area contributed by atoms with Gasteiger partial charge in [0.2, 0.25) is 0 Å². The van der Waals surface area contributed by atoms with Gasteiger partial charge in [-0.2, -0.15) is 5.10 Å². The average molecular weight is 419 g/mol. The summed E-state index contributed by atoms with van der Waals surface area (Å²) in [7, 11) is 1.98. The van der Waals surface area contributed by atoms with Crippen LogP contribution < -0.4 is 10.1 Å². The van der Waals surface area contributed by atoms with Crippen LogP contribution in [-0.2, 0) is 7.05 Å². The zero-order valence-electron chi connectivity index (χ0n) is 18.3. The minimum atomic E-state index is -0.0594. The van der Waals surface area contributed by atoms with Crippen LogP contribution >= 0.6 is 0 Å². The van der Waals surface area contributed by atoms with Gasteiger partial charge in [0.15, 0.2) is 0 Å². The third kappa shape index (κ3) is 4.95. The van der Waals surface area contributed by atoms with Crippen molar-refractivity contribution in [3.05, 3.63) is 66.2 Å². The van der Waals surface area contributed by atoms with Crippen molar-refractivity contribution in [3.63, 3.8) is 0 Å². The van der Waals surface area contributed by atoms with Crippen LogP contribution in [0.4, 0.5) is 0 Å². The molecular weight excluding hydrogens is 388 g/mol. The van der Waals surface area contributed by atoms with Gasteiger partial charge in [-0.3, -0.25) is 14.5 Å². The number of pyridine rings is 1. The second-order valence-electron chi connectivity index (χ2n) is 8.19. The van der Waals surface area contributed by atoms with Crippen molar-refractivity contribution in [2.45, 2.75) is 38.5 Å². The van der Waals surface area contributed by atoms with E-state index in [9.17, 15) is 4.79 Å². The van der Waals surface area contributed by atoms with E-state index in [-0.39, 0.29) is 5.91 Å². The Bertz CT molecular complexity index is 1010. The van der Waals surface area contributed by atoms with Gasteiger partial charge in [0.1, 0.15) is 5.75 Å². The van der Waals surface area contributed by atoms with Gasteiger partial charge >= 0.3 is 0 Å². The number of hydrogen-bond acceptors (Lipinski definition) is 4. The van der Waals surface area contributed by atoms with Crippen LogP contribution in [0.3, 0.4) is 0 Å². The highest BCUT2D eigenvalue weighted by molar-refractivity contribution is 5.96. The quantitative estimate of drug-likeness (QED) is 0.610. The lowest BCUT2D eigenvalue weighted by Crippen LogP contribution is -2.31. The summed E-state index contributed by atoms with van der Waals surface area (Å²) >= 11 is 0. The van der Waals surface area contributed by atoms with Crippen LogP contribution in [0.1, 0.15) is 54.6 Å². The summed E-state index contributed by atoms with van der Waals surface area (Å²) in [5.41, 5.74) is 4.16. The number of hydrogen-bond donors (Lipinski definition) is 1. The maximum absolute atomic E-state index is 12.7. The normalized spacial score (nSPS) is 18.5. The van der Waals surface area contributed by atoms with E-state index in [0.717, 1.165) is 25.7 Å². The molecule has 6 heteroatoms. The largest absolute Gasteiger partial charge is 0.493 e. The summed E-state index contributed by atoms with van der Waals surface area (Å²) in [4.78, 5) is 16.8. The molecule has 0 unspecified atom stereocenters. The number of carbonyl (C=O) groups is 1. The van der Waals surface area contributed by atoms with Crippen LogP contribution in [0.2, 0.25) is 0 Å². The number of benzene rings is 1. The third-order valence-corrected chi connectivity index (χ3v) is 6.06. The molecule has 1 aromatic carbocycles. The van der Waals surface area contributed by atoms with Crippen molar-refractivity contribution < 1.29 is 9.53 Å². The molecule has 1 aliphatic carbocycles. The molecule has 0 radical (unpaired) electrons. The molecule has 4 rings (SSSR count). The van der Waals surface area contributed by atoms with Gasteiger partial charge < -0.3 is 10.1 Å². The number of aryl methyl sites for hydroxylation is 1. The average Bonchev–Trinajstić information content (AvgIpc) is 3.20. The lowest BCUT2D eigenvalue weighted by Gasteiger charge is -2.28. The second kappa shape index (κ2) is 9.77. The summed E-state index contributed by atoms with van der Waals surface area (Å²) in [6.07, 6.45) is 10.1. The number of rotatable bonds is 7. The van der Waals surface area contributed by atoms with Gasteiger partial charge in [-0.1, -0.05) is 12.1 Å². The molecule has 0 aliphatic heterocycles. The third-order valence-electron chi connectivity index (χ3n) is 6.06. The first kappa shape index (κ1) is 21.1. The summed E-state index contributed by atoms with van der Waals surface area (Å²) in [5.74, 6) is 1.53. The lowest BCUT2D eigenvalue weighted by molar-refractivity contribution is 0.0939. The van der Waals surface area contributed by atoms with Crippen molar-refractivity contribution in [2.75, 3.05) is 13.2 Å². The number of para-hydroxylation sites is 1. The molecule has 0 saturated heterocycles. The van der Waals surface area contributed by atoms with Gasteiger partial charge in [0.25, 0.3) is 5.91 Å². The van der Waals surface area contributed by atoms with Crippen LogP contribution in [0.5, 0.6) is 5.75 Å². The van der Waals surface area contributed by atoms with Gasteiger partial charge in [-0.15, -0.1) is 0 Å². The Morgan fingerprint density at radius 3 is 2.61 bits per heavy atom. The van der Waals surface area contributed by atoms with E-state index in [4.69, 9.17) is 9.84 Å². The van der Waals surface area contributed by atoms with Crippen molar-refractivity contribution in [3.8, 4) is 16.9 Å². The SMILES string of the molecule is CCOc1ccccc1C(=O)NCC1CCC(c2nn(C)cc2-c2ccncc2)CC1. The van der Waals surface area contributed by atoms with E-state index in [2.05, 4.69) is 16.5 Å². The molecule has 0 bridgehead atoms. The Morgan fingerprint density at radius 2 is 1.87 bits per heavy atom. The maximum atomic E-state index is 12.7. The molecule has 0 spiro atoms. The van der Waals surface area contributed by atoms with E-state index in [1.54, 1.807) is 0 Å². The smallest absolute Gasteiger partial charge is 0.255 e. The fraction of sp³-hybridized carbons (Fsp3) is 0.400. The first-order valence-electron chi connectivity index (χ1n) is 11.1. The molecule has 31 heavy (non-hydrogen) atoms. The summed E-state index contributed by atoms with van der Waals surface area (Å²) < 4.78 is 7.50. The van der Waals surface area contributed by atoms with Crippen LogP contribution in [0.15, 0.2) is 55.0 Å². The van der Waals surface area contributed by atoms with Crippen molar-refractivity contribution in [1.29, 1.82) is 0 Å². The van der Waals surface area contributed by atoms with E-state index in [0.29, 0.717) is 36.3 Å². The van der Waals surface area contributed by atoms with Gasteiger partial charge in [-0.05, 0) is 68.4 Å². The zero-order chi connectivity index (χ0) is 21.6. The second-order valence-corrected chi connectivity index (χ2v) is 8.19. The molecule has 2 aromatic heterocycles. The van der Waals surface area contributed by atoms with Gasteiger partial charge in [0, 0.05) is 43.7 Å². The van der Waals surface area contributed by atoms with Crippen LogP contribution in [-0.4, -0.2) is 33.8 Å². The molecule has 1 N–H and O–H groups in total. The first-order chi connectivity index (χ1) is 15.2. The van der Waals surface area contributed by atoms with Gasteiger partial charge in [-0.25, -0.2) is 0 Å². The zero-order valence-corrected chi connectivity index (χ0v) is 18.3. The predicted molar refractivity (Wildman–Crippen MR) is 121 cm³/mol. The molecule has 162 valence electrons. The van der Waals surface area contributed by atoms with Crippen LogP contribution in [0.25, 0.3) is 11.1 Å². The Labute approximate surface area is 183 Å². The number of aromatic nitrogens is 3. The van der Waals surface area contributed by atoms with E-state index < -0.39 is 0 Å². The van der Waals surface area contributed by atoms with Crippen molar-refractivity contribution in [2.24, 2.45) is 13.0 Å². The highest BCUT2D eigenvalue weighted by Crippen LogP contribution is 2.39. The molecular formula is C25H30N4O2. The van der Waals surface area contributed by atoms with Gasteiger partial charge in [0.05, 0.1) is 17.9 Å². The molecule has 2 heterocycles. The molecule has 1 aliphatic rings. The van der Waals surface area contributed by atoms with Crippen molar-refractivity contribution >= 4 is 5.91 Å². The number of amides is 1. The first-order valence-corrected chi connectivity index (χ1v) is 11.1.